The van der Waals surface area contributed by atoms with Crippen molar-refractivity contribution in [3.05, 3.63) is 72.3 Å². The van der Waals surface area contributed by atoms with Crippen LogP contribution in [0.1, 0.15) is 5.56 Å². The molecule has 0 bridgehead atoms. The number of halogens is 3. The summed E-state index contributed by atoms with van der Waals surface area (Å²) in [4.78, 5) is 0. The minimum absolute atomic E-state index is 0.255. The second-order valence-electron chi connectivity index (χ2n) is 5.35. The molecule has 0 saturated carbocycles. The van der Waals surface area contributed by atoms with Crippen LogP contribution in [0.3, 0.4) is 0 Å². The van der Waals surface area contributed by atoms with Crippen molar-refractivity contribution >= 4 is 32.3 Å². The minimum atomic E-state index is -4.37. The van der Waals surface area contributed by atoms with Crippen LogP contribution in [0.2, 0.25) is 0 Å². The zero-order valence-electron chi connectivity index (χ0n) is 11.5. The van der Waals surface area contributed by atoms with Gasteiger partial charge in [0.05, 0.1) is 5.56 Å². The molecule has 0 atom stereocenters. The van der Waals surface area contributed by atoms with Crippen LogP contribution in [0, 0.1) is 0 Å². The molecule has 3 heteroatoms. The zero-order valence-corrected chi connectivity index (χ0v) is 11.5. The standard InChI is InChI=1S/C19H11F3/c20-19(21,22)17-11-13-6-2-4-8-15(13)18-14-7-3-1-5-12(14)9-10-16(17)18/h1-11H. The molecule has 0 saturated heterocycles. The van der Waals surface area contributed by atoms with Crippen molar-refractivity contribution in [1.82, 2.24) is 0 Å². The lowest BCUT2D eigenvalue weighted by atomic mass is 9.93. The summed E-state index contributed by atoms with van der Waals surface area (Å²) >= 11 is 0. The Morgan fingerprint density at radius 2 is 1.18 bits per heavy atom. The number of fused-ring (bicyclic) bond motifs is 5. The predicted octanol–water partition coefficient (Wildman–Crippen LogP) is 6.17. The molecule has 0 N–H and O–H groups in total. The summed E-state index contributed by atoms with van der Waals surface area (Å²) in [6.07, 6.45) is -4.37. The van der Waals surface area contributed by atoms with E-state index in [1.807, 2.05) is 36.4 Å². The van der Waals surface area contributed by atoms with Gasteiger partial charge in [0.15, 0.2) is 0 Å². The van der Waals surface area contributed by atoms with E-state index in [1.54, 1.807) is 24.3 Å². The van der Waals surface area contributed by atoms with Gasteiger partial charge in [0.25, 0.3) is 0 Å². The number of hydrogen-bond donors (Lipinski definition) is 0. The summed E-state index contributed by atoms with van der Waals surface area (Å²) < 4.78 is 40.3. The number of alkyl halides is 3. The van der Waals surface area contributed by atoms with Crippen molar-refractivity contribution in [3.8, 4) is 0 Å². The largest absolute Gasteiger partial charge is 0.417 e. The molecule has 0 aromatic heterocycles. The highest BCUT2D eigenvalue weighted by atomic mass is 19.4. The van der Waals surface area contributed by atoms with Gasteiger partial charge in [0.1, 0.15) is 0 Å². The van der Waals surface area contributed by atoms with E-state index in [0.29, 0.717) is 10.8 Å². The molecule has 0 radical (unpaired) electrons. The summed E-state index contributed by atoms with van der Waals surface area (Å²) in [5.74, 6) is 0. The monoisotopic (exact) mass is 296 g/mol. The van der Waals surface area contributed by atoms with Crippen molar-refractivity contribution in [2.75, 3.05) is 0 Å². The van der Waals surface area contributed by atoms with Gasteiger partial charge in [0, 0.05) is 0 Å². The maximum absolute atomic E-state index is 13.4. The highest BCUT2D eigenvalue weighted by molar-refractivity contribution is 6.21. The Labute approximate surface area is 124 Å². The lowest BCUT2D eigenvalue weighted by Gasteiger charge is -2.15. The van der Waals surface area contributed by atoms with E-state index in [1.165, 1.54) is 6.07 Å². The van der Waals surface area contributed by atoms with Crippen LogP contribution in [-0.2, 0) is 6.18 Å². The van der Waals surface area contributed by atoms with Crippen molar-refractivity contribution in [2.24, 2.45) is 0 Å². The second-order valence-corrected chi connectivity index (χ2v) is 5.35. The highest BCUT2D eigenvalue weighted by Gasteiger charge is 2.33. The third kappa shape index (κ3) is 1.86. The Balaban J connectivity index is 2.34. The molecule has 0 heterocycles. The molecule has 0 aliphatic heterocycles. The van der Waals surface area contributed by atoms with Gasteiger partial charge in [-0.3, -0.25) is 0 Å². The third-order valence-corrected chi connectivity index (χ3v) is 4.05. The quantitative estimate of drug-likeness (QED) is 0.341. The van der Waals surface area contributed by atoms with Gasteiger partial charge in [-0.15, -0.1) is 0 Å². The van der Waals surface area contributed by atoms with Crippen molar-refractivity contribution in [3.63, 3.8) is 0 Å². The Hall–Kier alpha value is -2.55. The molecule has 4 rings (SSSR count). The van der Waals surface area contributed by atoms with E-state index in [9.17, 15) is 13.2 Å². The van der Waals surface area contributed by atoms with Gasteiger partial charge < -0.3 is 0 Å². The van der Waals surface area contributed by atoms with E-state index in [0.717, 1.165) is 16.2 Å². The molecule has 22 heavy (non-hydrogen) atoms. The first-order valence-electron chi connectivity index (χ1n) is 6.96. The van der Waals surface area contributed by atoms with E-state index < -0.39 is 11.7 Å². The Kier molecular flexibility index (Phi) is 2.67. The number of hydrogen-bond acceptors (Lipinski definition) is 0. The highest BCUT2D eigenvalue weighted by Crippen LogP contribution is 2.41. The van der Waals surface area contributed by atoms with E-state index in [4.69, 9.17) is 0 Å². The molecule has 0 spiro atoms. The molecular formula is C19H11F3. The summed E-state index contributed by atoms with van der Waals surface area (Å²) in [6.45, 7) is 0. The van der Waals surface area contributed by atoms with Crippen molar-refractivity contribution < 1.29 is 13.2 Å². The van der Waals surface area contributed by atoms with Gasteiger partial charge in [-0.1, -0.05) is 60.7 Å². The normalized spacial score (nSPS) is 12.3. The fourth-order valence-electron chi connectivity index (χ4n) is 3.10. The fourth-order valence-corrected chi connectivity index (χ4v) is 3.10. The van der Waals surface area contributed by atoms with E-state index in [2.05, 4.69) is 0 Å². The summed E-state index contributed by atoms with van der Waals surface area (Å²) in [5, 5.41) is 4.18. The van der Waals surface area contributed by atoms with E-state index in [-0.39, 0.29) is 5.39 Å². The smallest absolute Gasteiger partial charge is 0.166 e. The van der Waals surface area contributed by atoms with Crippen LogP contribution in [0.4, 0.5) is 13.2 Å². The lowest BCUT2D eigenvalue weighted by Crippen LogP contribution is -2.06. The van der Waals surface area contributed by atoms with Crippen LogP contribution in [0.5, 0.6) is 0 Å². The molecule has 0 aliphatic rings. The van der Waals surface area contributed by atoms with E-state index >= 15 is 0 Å². The lowest BCUT2D eigenvalue weighted by molar-refractivity contribution is -0.136. The zero-order chi connectivity index (χ0) is 15.3. The molecular weight excluding hydrogens is 285 g/mol. The maximum atomic E-state index is 13.4. The average molecular weight is 296 g/mol. The van der Waals surface area contributed by atoms with Crippen molar-refractivity contribution in [2.45, 2.75) is 6.18 Å². The molecule has 0 fully saturated rings. The van der Waals surface area contributed by atoms with Gasteiger partial charge >= 0.3 is 6.18 Å². The van der Waals surface area contributed by atoms with Crippen LogP contribution in [0.25, 0.3) is 32.3 Å². The van der Waals surface area contributed by atoms with Crippen LogP contribution in [-0.4, -0.2) is 0 Å². The van der Waals surface area contributed by atoms with Crippen LogP contribution >= 0.6 is 0 Å². The third-order valence-electron chi connectivity index (χ3n) is 4.05. The van der Waals surface area contributed by atoms with Gasteiger partial charge in [0.2, 0.25) is 0 Å². The van der Waals surface area contributed by atoms with Crippen LogP contribution in [0.15, 0.2) is 66.7 Å². The van der Waals surface area contributed by atoms with Gasteiger partial charge in [-0.2, -0.15) is 13.2 Å². The molecule has 0 amide bonds. The molecule has 108 valence electrons. The number of rotatable bonds is 0. The first-order chi connectivity index (χ1) is 10.6. The Morgan fingerprint density at radius 1 is 0.591 bits per heavy atom. The topological polar surface area (TPSA) is 0 Å². The predicted molar refractivity (Wildman–Crippen MR) is 84.0 cm³/mol. The first kappa shape index (κ1) is 13.1. The fraction of sp³-hybridized carbons (Fsp3) is 0.0526. The Bertz CT molecular complexity index is 998. The molecule has 0 aliphatic carbocycles. The molecule has 4 aromatic carbocycles. The average Bonchev–Trinajstić information content (AvgIpc) is 2.52. The first-order valence-corrected chi connectivity index (χ1v) is 6.96. The summed E-state index contributed by atoms with van der Waals surface area (Å²) in [6, 6.07) is 19.3. The molecule has 0 unspecified atom stereocenters. The minimum Gasteiger partial charge on any atom is -0.166 e. The van der Waals surface area contributed by atoms with Gasteiger partial charge in [-0.05, 0) is 38.4 Å². The SMILES string of the molecule is FC(F)(F)c1cc2ccccc2c2c1ccc1ccccc12. The summed E-state index contributed by atoms with van der Waals surface area (Å²) in [7, 11) is 0. The summed E-state index contributed by atoms with van der Waals surface area (Å²) in [5.41, 5.74) is -0.577. The maximum Gasteiger partial charge on any atom is 0.417 e. The van der Waals surface area contributed by atoms with Crippen molar-refractivity contribution in [1.29, 1.82) is 0 Å². The Morgan fingerprint density at radius 3 is 1.86 bits per heavy atom. The second kappa shape index (κ2) is 4.47. The van der Waals surface area contributed by atoms with Crippen LogP contribution < -0.4 is 0 Å². The molecule has 4 aromatic rings. The number of benzene rings is 4. The molecule has 0 nitrogen and oxygen atoms in total. The van der Waals surface area contributed by atoms with Gasteiger partial charge in [-0.25, -0.2) is 0 Å².